The Morgan fingerprint density at radius 3 is 2.61 bits per heavy atom. The van der Waals surface area contributed by atoms with E-state index in [9.17, 15) is 19.3 Å². The first-order valence-corrected chi connectivity index (χ1v) is 16.7. The molecule has 2 unspecified atom stereocenters. The van der Waals surface area contributed by atoms with E-state index < -0.39 is 61.4 Å². The first kappa shape index (κ1) is 36.4. The number of hydrogen-bond acceptors (Lipinski definition) is 14. The third-order valence-electron chi connectivity index (χ3n) is 5.98. The number of nitrogen functional groups attached to an aromatic ring is 1. The van der Waals surface area contributed by atoms with Crippen LogP contribution in [-0.4, -0.2) is 90.8 Å². The Hall–Kier alpha value is -2.11. The van der Waals surface area contributed by atoms with Crippen molar-refractivity contribution >= 4 is 59.3 Å². The largest absolute Gasteiger partial charge is 0.476 e. The molecule has 1 aliphatic rings. The summed E-state index contributed by atoms with van der Waals surface area (Å²) >= 11 is 7.12. The lowest BCUT2D eigenvalue weighted by molar-refractivity contribution is -0.149. The maximum Gasteiger partial charge on any atom is 0.406 e. The molecule has 15 nitrogen and oxygen atoms in total. The summed E-state index contributed by atoms with van der Waals surface area (Å²) in [5, 5.41) is 10.2. The summed E-state index contributed by atoms with van der Waals surface area (Å²) < 4.78 is 58.0. The average molecular weight is 685 g/mol. The summed E-state index contributed by atoms with van der Waals surface area (Å²) in [6.45, 7) is 11.0. The zero-order valence-electron chi connectivity index (χ0n) is 25.5. The van der Waals surface area contributed by atoms with Crippen LogP contribution >= 0.6 is 31.1 Å². The van der Waals surface area contributed by atoms with E-state index in [-0.39, 0.29) is 47.1 Å². The highest BCUT2D eigenvalue weighted by atomic mass is 35.5. The molecule has 0 saturated carbocycles. The van der Waals surface area contributed by atoms with Gasteiger partial charge in [-0.25, -0.2) is 19.0 Å². The molecule has 3 heterocycles. The van der Waals surface area contributed by atoms with Gasteiger partial charge in [0.25, 0.3) is 5.13 Å². The molecular weight excluding hydrogens is 646 g/mol. The van der Waals surface area contributed by atoms with E-state index in [0.29, 0.717) is 0 Å². The molecule has 4 N–H and O–H groups in total. The summed E-state index contributed by atoms with van der Waals surface area (Å²) in [5.74, 6) is -0.733. The first-order valence-electron chi connectivity index (χ1n) is 13.8. The topological polar surface area (TPSA) is 199 Å². The smallest absolute Gasteiger partial charge is 0.406 e. The average Bonchev–Trinajstić information content (AvgIpc) is 3.42. The SMILES string of the molecule is CCOc1nc(N)nc2c1ncn2[C@@H]1O[C@H](COP(=O)(NC(C)C(=O)OC(C)C)OCCSC(=O)C(C)(C)C)[C@@H](O)[C@@]1(F)Cl. The fraction of sp³-hybridized carbons (Fsp3) is 0.720. The van der Waals surface area contributed by atoms with E-state index in [1.54, 1.807) is 41.5 Å². The molecule has 2 aromatic rings. The van der Waals surface area contributed by atoms with Gasteiger partial charge in [0, 0.05) is 11.2 Å². The second kappa shape index (κ2) is 14.5. The van der Waals surface area contributed by atoms with Crippen molar-refractivity contribution in [3.63, 3.8) is 0 Å². The molecule has 0 aliphatic carbocycles. The number of esters is 1. The van der Waals surface area contributed by atoms with Crippen LogP contribution in [0.25, 0.3) is 11.2 Å². The Labute approximate surface area is 263 Å². The number of carbonyl (C=O) groups is 2. The van der Waals surface area contributed by atoms with Crippen molar-refractivity contribution in [3.05, 3.63) is 6.33 Å². The van der Waals surface area contributed by atoms with E-state index in [1.807, 2.05) is 0 Å². The van der Waals surface area contributed by atoms with Crippen LogP contribution in [0, 0.1) is 5.41 Å². The summed E-state index contributed by atoms with van der Waals surface area (Å²) in [4.78, 5) is 36.9. The highest BCUT2D eigenvalue weighted by Crippen LogP contribution is 2.49. The van der Waals surface area contributed by atoms with Gasteiger partial charge in [0.1, 0.15) is 18.2 Å². The van der Waals surface area contributed by atoms with Gasteiger partial charge in [-0.1, -0.05) is 44.1 Å². The normalized spacial score (nSPS) is 24.4. The molecule has 0 spiro atoms. The fourth-order valence-electron chi connectivity index (χ4n) is 3.84. The monoisotopic (exact) mass is 684 g/mol. The molecule has 44 heavy (non-hydrogen) atoms. The number of alkyl halides is 2. The summed E-state index contributed by atoms with van der Waals surface area (Å²) in [6, 6.07) is -1.15. The highest BCUT2D eigenvalue weighted by Gasteiger charge is 2.58. The van der Waals surface area contributed by atoms with Crippen LogP contribution in [0.1, 0.15) is 54.7 Å². The standard InChI is InChI=1S/C25H39ClFN6O9PS/c1-8-38-19-16-18(30-23(28)31-19)33(12-29-16)21-25(26,27)17(34)15(42-21)11-40-43(37,32-14(4)20(35)41-13(2)3)39-9-10-44-22(36)24(5,6)7/h12-15,17,21,34H,8-11H2,1-7H3,(H,32,37)(H2,28,30,31)/t14?,15-,17-,21-,25+,43?/m1/s1. The van der Waals surface area contributed by atoms with Crippen LogP contribution in [0.3, 0.4) is 0 Å². The van der Waals surface area contributed by atoms with Crippen molar-refractivity contribution in [3.8, 4) is 5.88 Å². The number of nitrogens with zero attached hydrogens (tertiary/aromatic N) is 4. The van der Waals surface area contributed by atoms with Crippen molar-refractivity contribution in [2.75, 3.05) is 31.3 Å². The maximum absolute atomic E-state index is 15.8. The number of nitrogens with two attached hydrogens (primary N) is 1. The fourth-order valence-corrected chi connectivity index (χ4v) is 6.52. The molecule has 3 rings (SSSR count). The number of aromatic nitrogens is 4. The van der Waals surface area contributed by atoms with Gasteiger partial charge in [0.05, 0.1) is 32.3 Å². The van der Waals surface area contributed by atoms with Crippen LogP contribution in [0.4, 0.5) is 10.3 Å². The lowest BCUT2D eigenvalue weighted by Gasteiger charge is -2.25. The molecule has 1 fully saturated rings. The van der Waals surface area contributed by atoms with E-state index in [1.165, 1.54) is 13.3 Å². The molecule has 6 atom stereocenters. The predicted molar refractivity (Wildman–Crippen MR) is 161 cm³/mol. The molecule has 1 aliphatic heterocycles. The number of halogens is 2. The van der Waals surface area contributed by atoms with Gasteiger partial charge < -0.3 is 25.1 Å². The number of ether oxygens (including phenoxy) is 3. The predicted octanol–water partition coefficient (Wildman–Crippen LogP) is 3.35. The van der Waals surface area contributed by atoms with Crippen LogP contribution in [0.15, 0.2) is 6.33 Å². The zero-order valence-corrected chi connectivity index (χ0v) is 28.0. The number of imidazole rings is 1. The lowest BCUT2D eigenvalue weighted by atomic mass is 10.00. The highest BCUT2D eigenvalue weighted by molar-refractivity contribution is 8.13. The van der Waals surface area contributed by atoms with Gasteiger partial charge in [-0.3, -0.25) is 23.2 Å². The van der Waals surface area contributed by atoms with Crippen molar-refractivity contribution < 1.29 is 46.9 Å². The van der Waals surface area contributed by atoms with Crippen molar-refractivity contribution in [2.24, 2.45) is 5.41 Å². The van der Waals surface area contributed by atoms with Gasteiger partial charge in [-0.05, 0) is 27.7 Å². The number of aliphatic hydroxyl groups is 1. The molecule has 0 amide bonds. The molecular formula is C25H39ClFN6O9PS. The number of carbonyl (C=O) groups excluding carboxylic acids is 2. The van der Waals surface area contributed by atoms with Crippen molar-refractivity contribution in [2.45, 2.75) is 84.2 Å². The third kappa shape index (κ3) is 8.78. The Morgan fingerprint density at radius 1 is 1.32 bits per heavy atom. The number of fused-ring (bicyclic) bond motifs is 1. The zero-order chi connectivity index (χ0) is 33.0. The third-order valence-corrected chi connectivity index (χ3v) is 9.35. The molecule has 19 heteroatoms. The van der Waals surface area contributed by atoms with Gasteiger partial charge in [-0.2, -0.15) is 9.97 Å². The minimum Gasteiger partial charge on any atom is -0.476 e. The van der Waals surface area contributed by atoms with Crippen LogP contribution in [0.2, 0.25) is 0 Å². The van der Waals surface area contributed by atoms with Crippen LogP contribution < -0.4 is 15.6 Å². The molecule has 0 aromatic carbocycles. The molecule has 1 saturated heterocycles. The quantitative estimate of drug-likeness (QED) is 0.113. The first-order chi connectivity index (χ1) is 20.4. The summed E-state index contributed by atoms with van der Waals surface area (Å²) in [5.41, 5.74) is 5.36. The number of anilines is 1. The second-order valence-corrected chi connectivity index (χ2v) is 14.6. The molecule has 0 radical (unpaired) electrons. The minimum atomic E-state index is -4.34. The molecule has 248 valence electrons. The summed E-state index contributed by atoms with van der Waals surface area (Å²) in [6.07, 6.45) is -4.42. The molecule has 0 bridgehead atoms. The maximum atomic E-state index is 15.8. The number of hydrogen-bond donors (Lipinski definition) is 3. The summed E-state index contributed by atoms with van der Waals surface area (Å²) in [7, 11) is -4.34. The van der Waals surface area contributed by atoms with E-state index in [2.05, 4.69) is 20.0 Å². The van der Waals surface area contributed by atoms with E-state index in [4.69, 9.17) is 40.6 Å². The van der Waals surface area contributed by atoms with Crippen molar-refractivity contribution in [1.82, 2.24) is 24.6 Å². The van der Waals surface area contributed by atoms with Gasteiger partial charge >= 0.3 is 13.7 Å². The van der Waals surface area contributed by atoms with Gasteiger partial charge in [-0.15, -0.1) is 0 Å². The number of thioether (sulfide) groups is 1. The van der Waals surface area contributed by atoms with E-state index in [0.717, 1.165) is 16.3 Å². The number of rotatable bonds is 14. The van der Waals surface area contributed by atoms with Gasteiger partial charge in [0.2, 0.25) is 11.8 Å². The number of nitrogens with one attached hydrogen (secondary N) is 1. The Bertz CT molecular complexity index is 1380. The van der Waals surface area contributed by atoms with Crippen LogP contribution in [0.5, 0.6) is 5.88 Å². The number of aliphatic hydroxyl groups excluding tert-OH is 1. The second-order valence-electron chi connectivity index (χ2n) is 11.1. The minimum absolute atomic E-state index is 0.0258. The van der Waals surface area contributed by atoms with E-state index >= 15 is 4.39 Å². The lowest BCUT2D eigenvalue weighted by Crippen LogP contribution is -2.39. The van der Waals surface area contributed by atoms with Gasteiger partial charge in [0.15, 0.2) is 22.5 Å². The van der Waals surface area contributed by atoms with Crippen molar-refractivity contribution in [1.29, 1.82) is 0 Å². The Kier molecular flexibility index (Phi) is 12.0. The Morgan fingerprint density at radius 2 is 2.00 bits per heavy atom. The molecule has 2 aromatic heterocycles. The van der Waals surface area contributed by atoms with Crippen LogP contribution in [-0.2, 0) is 32.7 Å². The Balaban J connectivity index is 1.78.